The molecule has 1 fully saturated rings. The van der Waals surface area contributed by atoms with E-state index in [0.717, 1.165) is 17.0 Å². The molecule has 2 aromatic rings. The molecule has 0 spiro atoms. The minimum Gasteiger partial charge on any atom is -0.382 e. The van der Waals surface area contributed by atoms with Crippen LogP contribution in [0, 0.1) is 18.8 Å². The van der Waals surface area contributed by atoms with Crippen molar-refractivity contribution in [2.24, 2.45) is 11.8 Å². The van der Waals surface area contributed by atoms with Crippen molar-refractivity contribution in [2.75, 3.05) is 7.05 Å². The molecule has 4 unspecified atom stereocenters. The second-order valence-electron chi connectivity index (χ2n) is 7.90. The Kier molecular flexibility index (Phi) is 5.87. The van der Waals surface area contributed by atoms with E-state index in [1.807, 2.05) is 18.2 Å². The quantitative estimate of drug-likeness (QED) is 0.747. The molecule has 4 heteroatoms. The predicted octanol–water partition coefficient (Wildman–Crippen LogP) is 4.51. The van der Waals surface area contributed by atoms with Gasteiger partial charge in [0.2, 0.25) is 0 Å². The van der Waals surface area contributed by atoms with E-state index in [2.05, 4.69) is 68.1 Å². The molecule has 1 aliphatic carbocycles. The zero-order chi connectivity index (χ0) is 20.4. The summed E-state index contributed by atoms with van der Waals surface area (Å²) in [6.45, 7) is 13.0. The summed E-state index contributed by atoms with van der Waals surface area (Å²) in [5.41, 5.74) is 5.53. The number of rotatable bonds is 7. The summed E-state index contributed by atoms with van der Waals surface area (Å²) in [4.78, 5) is 17.0. The summed E-state index contributed by atoms with van der Waals surface area (Å²) in [5, 5.41) is 6.26. The Morgan fingerprint density at radius 1 is 1.29 bits per heavy atom. The second-order valence-corrected chi connectivity index (χ2v) is 7.90. The van der Waals surface area contributed by atoms with Gasteiger partial charge < -0.3 is 10.6 Å². The fourth-order valence-electron chi connectivity index (χ4n) is 4.12. The van der Waals surface area contributed by atoms with Crippen LogP contribution in [0.2, 0.25) is 0 Å². The van der Waals surface area contributed by atoms with Gasteiger partial charge in [-0.25, -0.2) is 4.98 Å². The maximum absolute atomic E-state index is 12.3. The van der Waals surface area contributed by atoms with Crippen LogP contribution in [0.5, 0.6) is 0 Å². The first kappa shape index (κ1) is 20.1. The minimum atomic E-state index is -0.181. The van der Waals surface area contributed by atoms with E-state index in [0.29, 0.717) is 23.6 Å². The lowest BCUT2D eigenvalue weighted by Crippen LogP contribution is -2.22. The third-order valence-electron chi connectivity index (χ3n) is 6.13. The molecule has 4 atom stereocenters. The summed E-state index contributed by atoms with van der Waals surface area (Å²) in [5.74, 6) is 1.26. The van der Waals surface area contributed by atoms with Crippen molar-refractivity contribution in [1.29, 1.82) is 0 Å². The number of carbonyl (C=O) groups is 1. The Hall–Kier alpha value is -2.62. The molecule has 148 valence electrons. The fourth-order valence-corrected chi connectivity index (χ4v) is 4.12. The van der Waals surface area contributed by atoms with Crippen LogP contribution in [0.1, 0.15) is 66.0 Å². The van der Waals surface area contributed by atoms with Crippen molar-refractivity contribution in [3.63, 3.8) is 0 Å². The summed E-state index contributed by atoms with van der Waals surface area (Å²) in [7, 11) is 1.63. The lowest BCUT2D eigenvalue weighted by atomic mass is 9.92. The van der Waals surface area contributed by atoms with Gasteiger partial charge in [0.1, 0.15) is 5.69 Å². The number of hydrogen-bond donors (Lipinski definition) is 2. The molecule has 1 heterocycles. The topological polar surface area (TPSA) is 54.0 Å². The zero-order valence-corrected chi connectivity index (χ0v) is 17.5. The first-order valence-corrected chi connectivity index (χ1v) is 10.1. The summed E-state index contributed by atoms with van der Waals surface area (Å²) in [6.07, 6.45) is 1.17. The van der Waals surface area contributed by atoms with Gasteiger partial charge in [0.15, 0.2) is 0 Å². The molecule has 4 nitrogen and oxygen atoms in total. The number of aryl methyl sites for hydroxylation is 1. The average molecular weight is 378 g/mol. The number of amides is 1. The largest absolute Gasteiger partial charge is 0.382 e. The highest BCUT2D eigenvalue weighted by Crippen LogP contribution is 2.42. The van der Waals surface area contributed by atoms with E-state index in [1.165, 1.54) is 17.5 Å². The molecule has 0 bridgehead atoms. The van der Waals surface area contributed by atoms with E-state index in [4.69, 9.17) is 0 Å². The van der Waals surface area contributed by atoms with Gasteiger partial charge >= 0.3 is 0 Å². The van der Waals surface area contributed by atoms with E-state index in [9.17, 15) is 4.79 Å². The van der Waals surface area contributed by atoms with Gasteiger partial charge in [-0.3, -0.25) is 4.79 Å². The Morgan fingerprint density at radius 2 is 2.00 bits per heavy atom. The van der Waals surface area contributed by atoms with Crippen LogP contribution in [0.4, 0.5) is 0 Å². The minimum absolute atomic E-state index is 0.0839. The maximum atomic E-state index is 12.3. The van der Waals surface area contributed by atoms with Crippen molar-refractivity contribution >= 4 is 11.6 Å². The van der Waals surface area contributed by atoms with Gasteiger partial charge in [-0.05, 0) is 42.0 Å². The summed E-state index contributed by atoms with van der Waals surface area (Å²) >= 11 is 0. The van der Waals surface area contributed by atoms with Crippen molar-refractivity contribution in [1.82, 2.24) is 15.6 Å². The molecular formula is C24H31N3O. The van der Waals surface area contributed by atoms with Gasteiger partial charge in [0, 0.05) is 36.0 Å². The van der Waals surface area contributed by atoms with E-state index in [-0.39, 0.29) is 11.8 Å². The lowest BCUT2D eigenvalue weighted by Gasteiger charge is -2.18. The maximum Gasteiger partial charge on any atom is 0.269 e. The molecular weight excluding hydrogens is 346 g/mol. The number of nitrogens with zero attached hydrogens (tertiary/aromatic N) is 1. The molecule has 1 saturated carbocycles. The van der Waals surface area contributed by atoms with Gasteiger partial charge in [0.05, 0.1) is 0 Å². The van der Waals surface area contributed by atoms with Crippen LogP contribution in [0.3, 0.4) is 0 Å². The molecule has 0 aliphatic heterocycles. The Morgan fingerprint density at radius 3 is 2.61 bits per heavy atom. The van der Waals surface area contributed by atoms with E-state index in [1.54, 1.807) is 7.05 Å². The Labute approximate surface area is 168 Å². The Bertz CT molecular complexity index is 889. The second kappa shape index (κ2) is 8.17. The number of carbonyl (C=O) groups excluding carboxylic acids is 1. The molecule has 1 aliphatic rings. The number of aromatic nitrogens is 1. The van der Waals surface area contributed by atoms with Crippen molar-refractivity contribution in [3.8, 4) is 0 Å². The molecule has 28 heavy (non-hydrogen) atoms. The van der Waals surface area contributed by atoms with Crippen molar-refractivity contribution in [3.05, 3.63) is 71.1 Å². The Balaban J connectivity index is 1.94. The number of hydrogen-bond acceptors (Lipinski definition) is 3. The average Bonchev–Trinajstić information content (AvgIpc) is 3.34. The molecule has 1 amide bonds. The van der Waals surface area contributed by atoms with Crippen molar-refractivity contribution < 1.29 is 4.79 Å². The van der Waals surface area contributed by atoms with E-state index >= 15 is 0 Å². The van der Waals surface area contributed by atoms with Crippen molar-refractivity contribution in [2.45, 2.75) is 46.1 Å². The smallest absolute Gasteiger partial charge is 0.269 e. The van der Waals surface area contributed by atoms with Gasteiger partial charge in [-0.1, -0.05) is 58.0 Å². The van der Waals surface area contributed by atoms with Gasteiger partial charge in [-0.15, -0.1) is 0 Å². The molecule has 2 N–H and O–H groups in total. The zero-order valence-electron chi connectivity index (χ0n) is 17.5. The normalized spacial score (nSPS) is 21.7. The molecule has 1 aromatic heterocycles. The van der Waals surface area contributed by atoms with Gasteiger partial charge in [0.25, 0.3) is 5.91 Å². The van der Waals surface area contributed by atoms with Crippen LogP contribution in [-0.2, 0) is 0 Å². The first-order chi connectivity index (χ1) is 13.4. The van der Waals surface area contributed by atoms with Crippen LogP contribution in [0.15, 0.2) is 43.0 Å². The molecule has 3 rings (SSSR count). The molecule has 0 radical (unpaired) electrons. The van der Waals surface area contributed by atoms with Crippen LogP contribution in [-0.4, -0.2) is 24.0 Å². The predicted molar refractivity (Wildman–Crippen MR) is 115 cm³/mol. The fraction of sp³-hybridized carbons (Fsp3) is 0.417. The van der Waals surface area contributed by atoms with Crippen LogP contribution >= 0.6 is 0 Å². The molecule has 0 saturated heterocycles. The third-order valence-corrected chi connectivity index (χ3v) is 6.13. The monoisotopic (exact) mass is 377 g/mol. The highest BCUT2D eigenvalue weighted by Gasteiger charge is 2.45. The number of benzene rings is 1. The van der Waals surface area contributed by atoms with E-state index < -0.39 is 0 Å². The summed E-state index contributed by atoms with van der Waals surface area (Å²) < 4.78 is 0. The number of pyridine rings is 1. The SMILES string of the molecule is C=C(NC1C(C)C1CC)c1cc(C(=O)NC)nc(C(C)c2ccccc2C)c1. The van der Waals surface area contributed by atoms with Crippen LogP contribution < -0.4 is 10.6 Å². The number of nitrogens with one attached hydrogen (secondary N) is 2. The third kappa shape index (κ3) is 3.96. The molecule has 1 aromatic carbocycles. The van der Waals surface area contributed by atoms with Gasteiger partial charge in [-0.2, -0.15) is 0 Å². The summed E-state index contributed by atoms with van der Waals surface area (Å²) in [6, 6.07) is 12.7. The first-order valence-electron chi connectivity index (χ1n) is 10.1. The lowest BCUT2D eigenvalue weighted by molar-refractivity contribution is 0.0958. The highest BCUT2D eigenvalue weighted by molar-refractivity contribution is 5.93. The standard InChI is InChI=1S/C24H31N3O/c1-7-19-16(4)23(19)26-17(5)18-12-21(27-22(13-18)24(28)25-6)15(3)20-11-9-8-10-14(20)2/h8-13,15-16,19,23,26H,5,7H2,1-4,6H3,(H,25,28). The van der Waals surface area contributed by atoms with Crippen LogP contribution in [0.25, 0.3) is 5.70 Å². The highest BCUT2D eigenvalue weighted by atomic mass is 16.1.